The smallest absolute Gasteiger partial charge is 0.165 e. The second-order valence-corrected chi connectivity index (χ2v) is 7.39. The van der Waals surface area contributed by atoms with Crippen molar-refractivity contribution in [2.75, 3.05) is 25.6 Å². The summed E-state index contributed by atoms with van der Waals surface area (Å²) in [5.74, 6) is -0.270. The number of nitrogens with one attached hydrogen (secondary N) is 1. The van der Waals surface area contributed by atoms with Gasteiger partial charge in [-0.1, -0.05) is 17.7 Å². The van der Waals surface area contributed by atoms with Gasteiger partial charge >= 0.3 is 0 Å². The predicted octanol–water partition coefficient (Wildman–Crippen LogP) is 1.14. The molecule has 7 N–H and O–H groups in total. The number of fused-ring (bicyclic) bond motifs is 1. The Hall–Kier alpha value is -2.87. The van der Waals surface area contributed by atoms with Gasteiger partial charge in [-0.25, -0.2) is 18.7 Å². The summed E-state index contributed by atoms with van der Waals surface area (Å²) in [6, 6.07) is 7.35. The molecule has 10 nitrogen and oxygen atoms in total. The second-order valence-electron chi connectivity index (χ2n) is 6.99. The molecular formula is C21H24ClF2N3O7. The van der Waals surface area contributed by atoms with Crippen LogP contribution in [0, 0.1) is 5.82 Å². The molecule has 3 rings (SSSR count). The first-order valence-electron chi connectivity index (χ1n) is 9.73. The molecular weight excluding hydrogens is 480 g/mol. The molecule has 0 saturated heterocycles. The summed E-state index contributed by atoms with van der Waals surface area (Å²) in [7, 11) is 1.34. The topological polar surface area (TPSA) is 169 Å². The SMILES string of the molecule is COc1cc2c(Nc3cccc(Cl)c3F)ncnc2cc1O[C@@H](CO)[C@@H](O)[C@H](O)[C@@H](F)CO.O. The van der Waals surface area contributed by atoms with Gasteiger partial charge in [-0.15, -0.1) is 0 Å². The molecule has 186 valence electrons. The Morgan fingerprint density at radius 1 is 1.09 bits per heavy atom. The Morgan fingerprint density at radius 3 is 2.47 bits per heavy atom. The van der Waals surface area contributed by atoms with E-state index in [1.54, 1.807) is 6.07 Å². The van der Waals surface area contributed by atoms with Gasteiger partial charge in [0.25, 0.3) is 0 Å². The summed E-state index contributed by atoms with van der Waals surface area (Å²) in [4.78, 5) is 8.27. The molecule has 4 atom stereocenters. The molecule has 13 heteroatoms. The van der Waals surface area contributed by atoms with E-state index in [0.29, 0.717) is 10.9 Å². The summed E-state index contributed by atoms with van der Waals surface area (Å²) in [5.41, 5.74) is 0.417. The number of rotatable bonds is 10. The molecule has 0 fully saturated rings. The summed E-state index contributed by atoms with van der Waals surface area (Å²) in [5, 5.41) is 41.6. The zero-order chi connectivity index (χ0) is 24.1. The first-order chi connectivity index (χ1) is 15.8. The van der Waals surface area contributed by atoms with Crippen molar-refractivity contribution in [2.45, 2.75) is 24.5 Å². The van der Waals surface area contributed by atoms with Gasteiger partial charge in [0.2, 0.25) is 0 Å². The van der Waals surface area contributed by atoms with E-state index in [9.17, 15) is 24.1 Å². The maximum atomic E-state index is 14.3. The quantitative estimate of drug-likeness (QED) is 0.272. The molecule has 0 spiro atoms. The fourth-order valence-corrected chi connectivity index (χ4v) is 3.24. The van der Waals surface area contributed by atoms with Crippen LogP contribution < -0.4 is 14.8 Å². The number of hydrogen-bond acceptors (Lipinski definition) is 9. The van der Waals surface area contributed by atoms with Gasteiger partial charge in [0.1, 0.15) is 24.4 Å². The van der Waals surface area contributed by atoms with Gasteiger partial charge in [-0.05, 0) is 18.2 Å². The number of benzene rings is 2. The maximum absolute atomic E-state index is 14.3. The average molecular weight is 504 g/mol. The first kappa shape index (κ1) is 27.4. The van der Waals surface area contributed by atoms with Crippen LogP contribution in [0.15, 0.2) is 36.7 Å². The van der Waals surface area contributed by atoms with Crippen molar-refractivity contribution in [1.82, 2.24) is 9.97 Å². The van der Waals surface area contributed by atoms with Crippen molar-refractivity contribution in [3.05, 3.63) is 47.5 Å². The lowest BCUT2D eigenvalue weighted by Crippen LogP contribution is -2.48. The number of aromatic nitrogens is 2. The fourth-order valence-electron chi connectivity index (χ4n) is 3.06. The third-order valence-corrected chi connectivity index (χ3v) is 5.15. The van der Waals surface area contributed by atoms with Crippen molar-refractivity contribution < 1.29 is 44.2 Å². The molecule has 2 aromatic carbocycles. The highest BCUT2D eigenvalue weighted by molar-refractivity contribution is 6.31. The van der Waals surface area contributed by atoms with E-state index in [2.05, 4.69) is 15.3 Å². The van der Waals surface area contributed by atoms with E-state index < -0.39 is 43.5 Å². The van der Waals surface area contributed by atoms with Gasteiger partial charge in [-0.2, -0.15) is 0 Å². The number of methoxy groups -OCH3 is 1. The van der Waals surface area contributed by atoms with Crippen molar-refractivity contribution >= 4 is 34.0 Å². The van der Waals surface area contributed by atoms with Gasteiger partial charge in [0.15, 0.2) is 29.6 Å². The summed E-state index contributed by atoms with van der Waals surface area (Å²) >= 11 is 5.83. The monoisotopic (exact) mass is 503 g/mol. The number of aliphatic hydroxyl groups is 4. The van der Waals surface area contributed by atoms with Crippen LogP contribution in [0.4, 0.5) is 20.3 Å². The molecule has 3 aromatic rings. The van der Waals surface area contributed by atoms with Crippen molar-refractivity contribution in [3.8, 4) is 11.5 Å². The standard InChI is InChI=1S/C21H22ClF2N3O6.H2O/c1-32-15-5-10-14(6-16(15)33-17(8-29)20(31)19(30)12(23)7-28)25-9-26-21(10)27-13-4-2-3-11(22)18(13)24;/h2-6,9,12,17,19-20,28-31H,7-8H2,1H3,(H,25,26,27);1H2/t12-,17-,19+,20+;/m0./s1. The van der Waals surface area contributed by atoms with Gasteiger partial charge in [-0.3, -0.25) is 0 Å². The molecule has 0 radical (unpaired) electrons. The molecule has 1 heterocycles. The predicted molar refractivity (Wildman–Crippen MR) is 120 cm³/mol. The number of nitrogens with zero attached hydrogens (tertiary/aromatic N) is 2. The normalized spacial score (nSPS) is 14.6. The van der Waals surface area contributed by atoms with E-state index >= 15 is 0 Å². The maximum Gasteiger partial charge on any atom is 0.165 e. The third-order valence-electron chi connectivity index (χ3n) is 4.86. The average Bonchev–Trinajstić information content (AvgIpc) is 2.83. The minimum atomic E-state index is -2.13. The molecule has 0 aliphatic rings. The van der Waals surface area contributed by atoms with E-state index in [-0.39, 0.29) is 33.5 Å². The highest BCUT2D eigenvalue weighted by Gasteiger charge is 2.34. The number of halogens is 3. The highest BCUT2D eigenvalue weighted by atomic mass is 35.5. The minimum Gasteiger partial charge on any atom is -0.493 e. The molecule has 0 aliphatic carbocycles. The summed E-state index contributed by atoms with van der Waals surface area (Å²) < 4.78 is 38.8. The number of aliphatic hydroxyl groups excluding tert-OH is 4. The van der Waals surface area contributed by atoms with Crippen molar-refractivity contribution in [3.63, 3.8) is 0 Å². The number of alkyl halides is 1. The van der Waals surface area contributed by atoms with E-state index in [0.717, 1.165) is 0 Å². The van der Waals surface area contributed by atoms with Gasteiger partial charge in [0.05, 0.1) is 36.6 Å². The van der Waals surface area contributed by atoms with E-state index in [1.165, 1.54) is 37.7 Å². The molecule has 0 unspecified atom stereocenters. The zero-order valence-corrected chi connectivity index (χ0v) is 18.6. The first-order valence-corrected chi connectivity index (χ1v) is 10.1. The van der Waals surface area contributed by atoms with Crippen LogP contribution in [0.3, 0.4) is 0 Å². The third kappa shape index (κ3) is 5.78. The Labute approximate surface area is 197 Å². The highest BCUT2D eigenvalue weighted by Crippen LogP contribution is 2.36. The fraction of sp³-hybridized carbons (Fsp3) is 0.333. The van der Waals surface area contributed by atoms with Crippen molar-refractivity contribution in [2.24, 2.45) is 0 Å². The van der Waals surface area contributed by atoms with E-state index in [1.807, 2.05) is 0 Å². The van der Waals surface area contributed by atoms with E-state index in [4.69, 9.17) is 26.2 Å². The van der Waals surface area contributed by atoms with Crippen LogP contribution >= 0.6 is 11.6 Å². The molecule has 0 saturated carbocycles. The molecule has 34 heavy (non-hydrogen) atoms. The molecule has 0 amide bonds. The number of hydrogen-bond donors (Lipinski definition) is 5. The molecule has 0 aliphatic heterocycles. The van der Waals surface area contributed by atoms with Crippen LogP contribution in [-0.4, -0.2) is 80.7 Å². The minimum absolute atomic E-state index is 0. The van der Waals surface area contributed by atoms with Crippen LogP contribution in [-0.2, 0) is 0 Å². The van der Waals surface area contributed by atoms with Crippen LogP contribution in [0.5, 0.6) is 11.5 Å². The van der Waals surface area contributed by atoms with Gasteiger partial charge < -0.3 is 40.7 Å². The van der Waals surface area contributed by atoms with Crippen LogP contribution in [0.1, 0.15) is 0 Å². The lowest BCUT2D eigenvalue weighted by atomic mass is 10.0. The zero-order valence-electron chi connectivity index (χ0n) is 17.8. The Morgan fingerprint density at radius 2 is 1.82 bits per heavy atom. The Bertz CT molecular complexity index is 1110. The number of ether oxygens (including phenoxy) is 2. The summed E-state index contributed by atoms with van der Waals surface area (Å²) in [6.45, 7) is -1.79. The molecule has 1 aromatic heterocycles. The number of anilines is 2. The summed E-state index contributed by atoms with van der Waals surface area (Å²) in [6.07, 6.45) is -6.21. The lowest BCUT2D eigenvalue weighted by Gasteiger charge is -2.28. The van der Waals surface area contributed by atoms with Crippen molar-refractivity contribution in [1.29, 1.82) is 0 Å². The lowest BCUT2D eigenvalue weighted by molar-refractivity contribution is -0.0981. The Balaban J connectivity index is 0.00000408. The second kappa shape index (κ2) is 12.0. The molecule has 0 bridgehead atoms. The van der Waals surface area contributed by atoms with Crippen LogP contribution in [0.2, 0.25) is 5.02 Å². The van der Waals surface area contributed by atoms with Gasteiger partial charge in [0, 0.05) is 11.5 Å². The Kier molecular flexibility index (Phi) is 9.67. The van der Waals surface area contributed by atoms with Crippen LogP contribution in [0.25, 0.3) is 10.9 Å². The largest absolute Gasteiger partial charge is 0.493 e.